The minimum absolute atomic E-state index is 0. The summed E-state index contributed by atoms with van der Waals surface area (Å²) in [4.78, 5) is 0. The molecule has 4 heteroatoms. The lowest BCUT2D eigenvalue weighted by Crippen LogP contribution is -3.00. The van der Waals surface area contributed by atoms with Gasteiger partial charge in [-0.2, -0.15) is 0 Å². The number of benzene rings is 1. The third-order valence-electron chi connectivity index (χ3n) is 1.79. The van der Waals surface area contributed by atoms with E-state index in [2.05, 4.69) is 15.9 Å². The van der Waals surface area contributed by atoms with Crippen LogP contribution in [0.1, 0.15) is 11.1 Å². The number of rotatable bonds is 3. The van der Waals surface area contributed by atoms with Crippen LogP contribution in [-0.2, 0) is 0 Å². The lowest BCUT2D eigenvalue weighted by Gasteiger charge is -2.11. The number of aryl methyl sites for hydroxylation is 2. The average molecular weight is 280 g/mol. The van der Waals surface area contributed by atoms with Crippen LogP contribution in [0.15, 0.2) is 16.6 Å². The van der Waals surface area contributed by atoms with Gasteiger partial charge in [0, 0.05) is 11.0 Å². The maximum Gasteiger partial charge on any atom is 0.125 e. The topological polar surface area (TPSA) is 35.2 Å². The second-order valence-electron chi connectivity index (χ2n) is 3.01. The second-order valence-corrected chi connectivity index (χ2v) is 3.92. The molecule has 0 radical (unpaired) electrons. The van der Waals surface area contributed by atoms with Gasteiger partial charge in [0.2, 0.25) is 0 Å². The first-order valence-corrected chi connectivity index (χ1v) is 5.04. The van der Waals surface area contributed by atoms with Gasteiger partial charge in [0.05, 0.1) is 0 Å². The third kappa shape index (κ3) is 3.48. The molecule has 0 fully saturated rings. The van der Waals surface area contributed by atoms with Crippen molar-refractivity contribution in [1.82, 2.24) is 0 Å². The molecule has 0 aliphatic carbocycles. The zero-order chi connectivity index (χ0) is 9.84. The summed E-state index contributed by atoms with van der Waals surface area (Å²) in [6.45, 7) is 5.19. The number of nitrogens with two attached hydrogens (primary N) is 1. The molecule has 80 valence electrons. The summed E-state index contributed by atoms with van der Waals surface area (Å²) in [7, 11) is 0. The second kappa shape index (κ2) is 6.27. The molecule has 0 saturated heterocycles. The van der Waals surface area contributed by atoms with Gasteiger partial charge in [-0.25, -0.2) is 0 Å². The third-order valence-corrected chi connectivity index (χ3v) is 2.25. The monoisotopic (exact) mass is 278 g/mol. The van der Waals surface area contributed by atoms with Crippen molar-refractivity contribution in [1.29, 1.82) is 0 Å². The Balaban J connectivity index is 0.00000169. The first-order valence-electron chi connectivity index (χ1n) is 4.24. The van der Waals surface area contributed by atoms with E-state index < -0.39 is 0 Å². The standard InChI is InChI=1S/C10H14BrNO.ClH/c1-7-5-9(11)6-8(2)10(7)13-4-3-12;/h5-6H,3-4,12H2,1-2H3;1H/p-1. The first-order chi connectivity index (χ1) is 6.15. The number of halogens is 2. The zero-order valence-corrected chi connectivity index (χ0v) is 10.7. The molecule has 0 spiro atoms. The van der Waals surface area contributed by atoms with E-state index in [9.17, 15) is 0 Å². The summed E-state index contributed by atoms with van der Waals surface area (Å²) in [5.74, 6) is 0.952. The first kappa shape index (κ1) is 13.8. The highest BCUT2D eigenvalue weighted by molar-refractivity contribution is 9.10. The summed E-state index contributed by atoms with van der Waals surface area (Å²) in [6.07, 6.45) is 0. The molecule has 0 unspecified atom stereocenters. The van der Waals surface area contributed by atoms with Crippen molar-refractivity contribution in [2.24, 2.45) is 5.73 Å². The molecule has 1 rings (SSSR count). The Hall–Kier alpha value is -0.250. The van der Waals surface area contributed by atoms with Gasteiger partial charge >= 0.3 is 0 Å². The van der Waals surface area contributed by atoms with E-state index in [0.717, 1.165) is 21.3 Å². The predicted molar refractivity (Wildman–Crippen MR) is 58.2 cm³/mol. The van der Waals surface area contributed by atoms with Crippen molar-refractivity contribution in [3.8, 4) is 5.75 Å². The van der Waals surface area contributed by atoms with Crippen LogP contribution in [0.2, 0.25) is 0 Å². The Bertz CT molecular complexity index is 281. The van der Waals surface area contributed by atoms with Crippen LogP contribution in [0.5, 0.6) is 5.75 Å². The van der Waals surface area contributed by atoms with Crippen LogP contribution in [0.3, 0.4) is 0 Å². The van der Waals surface area contributed by atoms with Crippen LogP contribution in [-0.4, -0.2) is 13.2 Å². The number of hydrogen-bond acceptors (Lipinski definition) is 2. The van der Waals surface area contributed by atoms with Gasteiger partial charge in [0.25, 0.3) is 0 Å². The smallest absolute Gasteiger partial charge is 0.125 e. The fourth-order valence-corrected chi connectivity index (χ4v) is 1.97. The Labute approximate surface area is 99.4 Å². The van der Waals surface area contributed by atoms with Crippen LogP contribution >= 0.6 is 15.9 Å². The zero-order valence-electron chi connectivity index (χ0n) is 8.31. The molecule has 0 aromatic heterocycles. The molecule has 0 bridgehead atoms. The molecule has 0 aliphatic heterocycles. The van der Waals surface area contributed by atoms with Crippen LogP contribution < -0.4 is 22.9 Å². The highest BCUT2D eigenvalue weighted by Crippen LogP contribution is 2.26. The molecule has 0 saturated carbocycles. The molecule has 2 nitrogen and oxygen atoms in total. The molecule has 0 amide bonds. The van der Waals surface area contributed by atoms with Crippen LogP contribution in [0, 0.1) is 13.8 Å². The molecule has 1 aromatic rings. The molecule has 2 N–H and O–H groups in total. The lowest BCUT2D eigenvalue weighted by atomic mass is 10.1. The van der Waals surface area contributed by atoms with E-state index in [1.165, 1.54) is 0 Å². The highest BCUT2D eigenvalue weighted by Gasteiger charge is 2.04. The lowest BCUT2D eigenvalue weighted by molar-refractivity contribution is -0.00000311. The van der Waals surface area contributed by atoms with Crippen LogP contribution in [0.4, 0.5) is 0 Å². The summed E-state index contributed by atoms with van der Waals surface area (Å²) >= 11 is 3.44. The Morgan fingerprint density at radius 2 is 1.79 bits per heavy atom. The normalized spacial score (nSPS) is 9.43. The molecule has 0 aliphatic rings. The molecule has 1 aromatic carbocycles. The quantitative estimate of drug-likeness (QED) is 0.803. The van der Waals surface area contributed by atoms with Gasteiger partial charge in [0.15, 0.2) is 0 Å². The van der Waals surface area contributed by atoms with Crippen molar-refractivity contribution in [3.63, 3.8) is 0 Å². The fourth-order valence-electron chi connectivity index (χ4n) is 1.29. The Morgan fingerprint density at radius 3 is 2.21 bits per heavy atom. The minimum Gasteiger partial charge on any atom is -1.00 e. The van der Waals surface area contributed by atoms with Crippen molar-refractivity contribution in [2.45, 2.75) is 13.8 Å². The van der Waals surface area contributed by atoms with E-state index in [-0.39, 0.29) is 12.4 Å². The summed E-state index contributed by atoms with van der Waals surface area (Å²) in [5.41, 5.74) is 7.65. The van der Waals surface area contributed by atoms with Gasteiger partial charge in [0.1, 0.15) is 12.4 Å². The SMILES string of the molecule is Cc1cc(Br)cc(C)c1OCCN.[Cl-]. The van der Waals surface area contributed by atoms with Crippen molar-refractivity contribution >= 4 is 15.9 Å². The molecule has 14 heavy (non-hydrogen) atoms. The van der Waals surface area contributed by atoms with Gasteiger partial charge in [-0.05, 0) is 37.1 Å². The minimum atomic E-state index is 0. The van der Waals surface area contributed by atoms with Gasteiger partial charge < -0.3 is 22.9 Å². The van der Waals surface area contributed by atoms with Crippen molar-refractivity contribution in [2.75, 3.05) is 13.2 Å². The molecule has 0 heterocycles. The molecule has 0 atom stereocenters. The molecular formula is C10H14BrClNO-. The number of ether oxygens (including phenoxy) is 1. The van der Waals surface area contributed by atoms with Crippen LogP contribution in [0.25, 0.3) is 0 Å². The Morgan fingerprint density at radius 1 is 1.29 bits per heavy atom. The predicted octanol–water partition coefficient (Wildman–Crippen LogP) is -0.593. The van der Waals surface area contributed by atoms with Gasteiger partial charge in [-0.1, -0.05) is 15.9 Å². The van der Waals surface area contributed by atoms with E-state index in [4.69, 9.17) is 10.5 Å². The maximum atomic E-state index is 5.53. The summed E-state index contributed by atoms with van der Waals surface area (Å²) < 4.78 is 6.61. The Kier molecular flexibility index (Phi) is 6.16. The summed E-state index contributed by atoms with van der Waals surface area (Å²) in [5, 5.41) is 0. The number of hydrogen-bond donors (Lipinski definition) is 1. The fraction of sp³-hybridized carbons (Fsp3) is 0.400. The highest BCUT2D eigenvalue weighted by atomic mass is 79.9. The largest absolute Gasteiger partial charge is 1.00 e. The van der Waals surface area contributed by atoms with E-state index in [0.29, 0.717) is 13.2 Å². The van der Waals surface area contributed by atoms with E-state index in [1.54, 1.807) is 0 Å². The van der Waals surface area contributed by atoms with Gasteiger partial charge in [-0.15, -0.1) is 0 Å². The van der Waals surface area contributed by atoms with E-state index in [1.807, 2.05) is 26.0 Å². The average Bonchev–Trinajstić information content (AvgIpc) is 2.02. The van der Waals surface area contributed by atoms with Crippen molar-refractivity contribution in [3.05, 3.63) is 27.7 Å². The maximum absolute atomic E-state index is 5.53. The van der Waals surface area contributed by atoms with E-state index >= 15 is 0 Å². The molecular weight excluding hydrogens is 265 g/mol. The summed E-state index contributed by atoms with van der Waals surface area (Å²) in [6, 6.07) is 4.08. The van der Waals surface area contributed by atoms with Gasteiger partial charge in [-0.3, -0.25) is 0 Å². The van der Waals surface area contributed by atoms with Crippen molar-refractivity contribution < 1.29 is 17.1 Å².